The second kappa shape index (κ2) is 7.17. The zero-order valence-electron chi connectivity index (χ0n) is 11.8. The van der Waals surface area contributed by atoms with Gasteiger partial charge in [0.15, 0.2) is 0 Å². The van der Waals surface area contributed by atoms with Gasteiger partial charge < -0.3 is 5.11 Å². The maximum Gasteiger partial charge on any atom is 0.321 e. The fraction of sp³-hybridized carbons (Fsp3) is 0.385. The SMILES string of the molecule is CC(C)C[C@H](NS(=O)(=O)c1cc(Br)c(C#N)cc1F)C(=O)O. The van der Waals surface area contributed by atoms with E-state index in [9.17, 15) is 17.6 Å². The molecule has 0 aromatic heterocycles. The van der Waals surface area contributed by atoms with Gasteiger partial charge in [0.2, 0.25) is 10.0 Å². The molecule has 1 aromatic carbocycles. The Balaban J connectivity index is 3.22. The smallest absolute Gasteiger partial charge is 0.321 e. The number of sulfonamides is 1. The monoisotopic (exact) mass is 392 g/mol. The quantitative estimate of drug-likeness (QED) is 0.771. The van der Waals surface area contributed by atoms with Crippen molar-refractivity contribution in [2.75, 3.05) is 0 Å². The van der Waals surface area contributed by atoms with Crippen molar-refractivity contribution < 1.29 is 22.7 Å². The molecular formula is C13H14BrFN2O4S. The third-order valence-corrected chi connectivity index (χ3v) is 4.88. The van der Waals surface area contributed by atoms with E-state index in [0.29, 0.717) is 0 Å². The van der Waals surface area contributed by atoms with Crippen LogP contribution >= 0.6 is 15.9 Å². The summed E-state index contributed by atoms with van der Waals surface area (Å²) >= 11 is 2.97. The Morgan fingerprint density at radius 1 is 1.50 bits per heavy atom. The minimum Gasteiger partial charge on any atom is -0.480 e. The van der Waals surface area contributed by atoms with Crippen LogP contribution in [0.25, 0.3) is 0 Å². The Morgan fingerprint density at radius 3 is 2.55 bits per heavy atom. The van der Waals surface area contributed by atoms with Gasteiger partial charge in [0.25, 0.3) is 0 Å². The summed E-state index contributed by atoms with van der Waals surface area (Å²) in [5.41, 5.74) is -0.0617. The topological polar surface area (TPSA) is 107 Å². The van der Waals surface area contributed by atoms with Gasteiger partial charge in [-0.05, 0) is 40.4 Å². The summed E-state index contributed by atoms with van der Waals surface area (Å²) in [6, 6.07) is 2.05. The summed E-state index contributed by atoms with van der Waals surface area (Å²) in [6.45, 7) is 3.48. The molecule has 0 bridgehead atoms. The predicted octanol–water partition coefficient (Wildman–Crippen LogP) is 2.24. The number of carboxylic acids is 1. The van der Waals surface area contributed by atoms with E-state index < -0.39 is 32.7 Å². The van der Waals surface area contributed by atoms with Gasteiger partial charge in [-0.1, -0.05) is 13.8 Å². The van der Waals surface area contributed by atoms with Crippen LogP contribution < -0.4 is 4.72 Å². The van der Waals surface area contributed by atoms with Crippen LogP contribution in [0.1, 0.15) is 25.8 Å². The summed E-state index contributed by atoms with van der Waals surface area (Å²) in [6.07, 6.45) is 0.0631. The molecular weight excluding hydrogens is 379 g/mol. The Kier molecular flexibility index (Phi) is 6.05. The van der Waals surface area contributed by atoms with Crippen LogP contribution in [0.4, 0.5) is 4.39 Å². The first-order valence-electron chi connectivity index (χ1n) is 6.22. The number of nitriles is 1. The number of benzene rings is 1. The number of carbonyl (C=O) groups is 1. The zero-order valence-corrected chi connectivity index (χ0v) is 14.2. The van der Waals surface area contributed by atoms with Crippen molar-refractivity contribution in [1.29, 1.82) is 5.26 Å². The van der Waals surface area contributed by atoms with Gasteiger partial charge in [-0.2, -0.15) is 9.98 Å². The lowest BCUT2D eigenvalue weighted by Gasteiger charge is -2.17. The van der Waals surface area contributed by atoms with Crippen molar-refractivity contribution in [3.63, 3.8) is 0 Å². The molecule has 22 heavy (non-hydrogen) atoms. The van der Waals surface area contributed by atoms with Crippen molar-refractivity contribution in [3.05, 3.63) is 28.0 Å². The average molecular weight is 393 g/mol. The van der Waals surface area contributed by atoms with Gasteiger partial charge in [-0.25, -0.2) is 12.8 Å². The molecule has 2 N–H and O–H groups in total. The van der Waals surface area contributed by atoms with Crippen LogP contribution in [0.2, 0.25) is 0 Å². The Labute approximate surface area is 136 Å². The fourth-order valence-electron chi connectivity index (χ4n) is 1.74. The number of halogens is 2. The van der Waals surface area contributed by atoms with Crippen LogP contribution in [0.5, 0.6) is 0 Å². The third-order valence-electron chi connectivity index (χ3n) is 2.73. The molecule has 0 fully saturated rings. The first-order valence-corrected chi connectivity index (χ1v) is 8.50. The minimum atomic E-state index is -4.37. The van der Waals surface area contributed by atoms with E-state index in [1.54, 1.807) is 19.9 Å². The highest BCUT2D eigenvalue weighted by molar-refractivity contribution is 9.10. The molecule has 1 aromatic rings. The van der Waals surface area contributed by atoms with Gasteiger partial charge in [0.1, 0.15) is 22.8 Å². The van der Waals surface area contributed by atoms with E-state index in [-0.39, 0.29) is 22.4 Å². The number of aliphatic carboxylic acids is 1. The van der Waals surface area contributed by atoms with Crippen LogP contribution in [0, 0.1) is 23.1 Å². The second-order valence-corrected chi connectivity index (χ2v) is 7.55. The van der Waals surface area contributed by atoms with Crippen LogP contribution in [-0.2, 0) is 14.8 Å². The molecule has 0 aliphatic rings. The highest BCUT2D eigenvalue weighted by Gasteiger charge is 2.28. The summed E-state index contributed by atoms with van der Waals surface area (Å²) in [5.74, 6) is -2.53. The first kappa shape index (κ1) is 18.5. The average Bonchev–Trinajstić information content (AvgIpc) is 2.39. The molecule has 0 amide bonds. The molecule has 0 radical (unpaired) electrons. The van der Waals surface area contributed by atoms with E-state index >= 15 is 0 Å². The molecule has 9 heteroatoms. The Bertz CT molecular complexity index is 728. The number of hydrogen-bond acceptors (Lipinski definition) is 4. The second-order valence-electron chi connectivity index (χ2n) is 5.02. The number of hydrogen-bond donors (Lipinski definition) is 2. The number of rotatable bonds is 6. The fourth-order valence-corrected chi connectivity index (χ4v) is 3.61. The molecule has 1 rings (SSSR count). The lowest BCUT2D eigenvalue weighted by molar-refractivity contribution is -0.139. The molecule has 0 aliphatic carbocycles. The van der Waals surface area contributed by atoms with E-state index in [4.69, 9.17) is 10.4 Å². The standard InChI is InChI=1S/C13H14BrFN2O4S/c1-7(2)3-11(13(18)19)17-22(20,21)12-5-9(14)8(6-16)4-10(12)15/h4-5,7,11,17H,3H2,1-2H3,(H,18,19)/t11-/m0/s1. The molecule has 120 valence electrons. The number of nitrogens with one attached hydrogen (secondary N) is 1. The van der Waals surface area contributed by atoms with Gasteiger partial charge in [-0.15, -0.1) is 0 Å². The summed E-state index contributed by atoms with van der Waals surface area (Å²) in [7, 11) is -4.37. The van der Waals surface area contributed by atoms with E-state index in [2.05, 4.69) is 15.9 Å². The molecule has 0 unspecified atom stereocenters. The Morgan fingerprint density at radius 2 is 2.09 bits per heavy atom. The molecule has 0 saturated carbocycles. The zero-order chi connectivity index (χ0) is 17.1. The van der Waals surface area contributed by atoms with Crippen LogP contribution in [-0.4, -0.2) is 25.5 Å². The van der Waals surface area contributed by atoms with Crippen molar-refractivity contribution in [1.82, 2.24) is 4.72 Å². The maximum atomic E-state index is 13.9. The number of nitrogens with zero attached hydrogens (tertiary/aromatic N) is 1. The maximum absolute atomic E-state index is 13.9. The van der Waals surface area contributed by atoms with E-state index in [1.807, 2.05) is 4.72 Å². The molecule has 0 saturated heterocycles. The highest BCUT2D eigenvalue weighted by Crippen LogP contribution is 2.24. The predicted molar refractivity (Wildman–Crippen MR) is 80.0 cm³/mol. The first-order chi connectivity index (χ1) is 10.1. The van der Waals surface area contributed by atoms with Crippen LogP contribution in [0.15, 0.2) is 21.5 Å². The van der Waals surface area contributed by atoms with Crippen molar-refractivity contribution >= 4 is 31.9 Å². The number of carboxylic acid groups (broad SMARTS) is 1. The summed E-state index contributed by atoms with van der Waals surface area (Å²) in [5, 5.41) is 17.8. The lowest BCUT2D eigenvalue weighted by atomic mass is 10.1. The molecule has 0 spiro atoms. The summed E-state index contributed by atoms with van der Waals surface area (Å²) < 4.78 is 40.3. The van der Waals surface area contributed by atoms with Gasteiger partial charge in [0.05, 0.1) is 5.56 Å². The van der Waals surface area contributed by atoms with Crippen LogP contribution in [0.3, 0.4) is 0 Å². The van der Waals surface area contributed by atoms with Gasteiger partial charge in [0, 0.05) is 4.47 Å². The molecule has 0 heterocycles. The molecule has 1 atom stereocenters. The molecule has 0 aliphatic heterocycles. The molecule has 6 nitrogen and oxygen atoms in total. The largest absolute Gasteiger partial charge is 0.480 e. The lowest BCUT2D eigenvalue weighted by Crippen LogP contribution is -2.41. The minimum absolute atomic E-state index is 0.0617. The third kappa shape index (κ3) is 4.50. The van der Waals surface area contributed by atoms with Gasteiger partial charge in [-0.3, -0.25) is 4.79 Å². The highest BCUT2D eigenvalue weighted by atomic mass is 79.9. The Hall–Kier alpha value is -1.50. The normalized spacial score (nSPS) is 12.9. The van der Waals surface area contributed by atoms with E-state index in [1.165, 1.54) is 0 Å². The van der Waals surface area contributed by atoms with Crippen molar-refractivity contribution in [2.45, 2.75) is 31.2 Å². The van der Waals surface area contributed by atoms with E-state index in [0.717, 1.165) is 12.1 Å². The van der Waals surface area contributed by atoms with Crippen molar-refractivity contribution in [2.24, 2.45) is 5.92 Å². The van der Waals surface area contributed by atoms with Crippen molar-refractivity contribution in [3.8, 4) is 6.07 Å². The van der Waals surface area contributed by atoms with Gasteiger partial charge >= 0.3 is 5.97 Å². The summed E-state index contributed by atoms with van der Waals surface area (Å²) in [4.78, 5) is 10.4.